The second kappa shape index (κ2) is 3.23. The highest BCUT2D eigenvalue weighted by Gasteiger charge is 2.07. The number of carbonyl (C=O) groups is 1. The Labute approximate surface area is 75.0 Å². The number of aldehydes is 1. The standard InChI is InChI=1S/C10H7NO2/c12-6-9-7-13-11-10(9)8-4-2-1-3-5-8/h1-7H. The highest BCUT2D eigenvalue weighted by Crippen LogP contribution is 2.19. The quantitative estimate of drug-likeness (QED) is 0.653. The lowest BCUT2D eigenvalue weighted by Crippen LogP contribution is -1.82. The molecule has 2 rings (SSSR count). The van der Waals surface area contributed by atoms with Gasteiger partial charge in [0.05, 0.1) is 5.56 Å². The Morgan fingerprint density at radius 3 is 2.69 bits per heavy atom. The van der Waals surface area contributed by atoms with Crippen LogP contribution in [0.5, 0.6) is 0 Å². The first-order chi connectivity index (χ1) is 6.42. The first-order valence-electron chi connectivity index (χ1n) is 3.87. The smallest absolute Gasteiger partial charge is 0.155 e. The molecule has 64 valence electrons. The lowest BCUT2D eigenvalue weighted by molar-refractivity contribution is 0.112. The van der Waals surface area contributed by atoms with Gasteiger partial charge >= 0.3 is 0 Å². The maximum atomic E-state index is 10.6. The van der Waals surface area contributed by atoms with Crippen LogP contribution in [0, 0.1) is 0 Å². The number of carbonyl (C=O) groups excluding carboxylic acids is 1. The molecule has 0 fully saturated rings. The molecule has 1 aromatic heterocycles. The Morgan fingerprint density at radius 1 is 1.23 bits per heavy atom. The average molecular weight is 173 g/mol. The van der Waals surface area contributed by atoms with Crippen LogP contribution in [0.2, 0.25) is 0 Å². The molecule has 0 amide bonds. The maximum absolute atomic E-state index is 10.6. The fourth-order valence-electron chi connectivity index (χ4n) is 1.14. The Bertz CT molecular complexity index is 406. The van der Waals surface area contributed by atoms with Crippen molar-refractivity contribution in [2.75, 3.05) is 0 Å². The van der Waals surface area contributed by atoms with E-state index in [9.17, 15) is 4.79 Å². The van der Waals surface area contributed by atoms with E-state index in [0.29, 0.717) is 11.3 Å². The number of hydrogen-bond acceptors (Lipinski definition) is 3. The molecule has 0 unspecified atom stereocenters. The number of rotatable bonds is 2. The second-order valence-corrected chi connectivity index (χ2v) is 2.60. The molecule has 1 heterocycles. The topological polar surface area (TPSA) is 43.1 Å². The van der Waals surface area contributed by atoms with E-state index in [1.807, 2.05) is 30.3 Å². The maximum Gasteiger partial charge on any atom is 0.155 e. The third-order valence-corrected chi connectivity index (χ3v) is 1.77. The van der Waals surface area contributed by atoms with Crippen molar-refractivity contribution in [1.82, 2.24) is 5.16 Å². The zero-order valence-corrected chi connectivity index (χ0v) is 6.81. The molecule has 3 nitrogen and oxygen atoms in total. The molecule has 0 bridgehead atoms. The molecule has 2 aromatic rings. The third-order valence-electron chi connectivity index (χ3n) is 1.77. The van der Waals surface area contributed by atoms with Crippen molar-refractivity contribution in [1.29, 1.82) is 0 Å². The van der Waals surface area contributed by atoms with Crippen LogP contribution >= 0.6 is 0 Å². The number of benzene rings is 1. The SMILES string of the molecule is O=Cc1conc1-c1ccccc1. The largest absolute Gasteiger partial charge is 0.363 e. The van der Waals surface area contributed by atoms with Crippen molar-refractivity contribution in [3.8, 4) is 11.3 Å². The summed E-state index contributed by atoms with van der Waals surface area (Å²) in [7, 11) is 0. The molecule has 1 aromatic carbocycles. The molecule has 0 saturated carbocycles. The van der Waals surface area contributed by atoms with Crippen molar-refractivity contribution in [3.05, 3.63) is 42.2 Å². The highest BCUT2D eigenvalue weighted by molar-refractivity contribution is 5.84. The Balaban J connectivity index is 2.52. The molecule has 0 spiro atoms. The zero-order valence-electron chi connectivity index (χ0n) is 6.81. The first kappa shape index (κ1) is 7.73. The second-order valence-electron chi connectivity index (χ2n) is 2.60. The van der Waals surface area contributed by atoms with Crippen LogP contribution in [0.15, 0.2) is 41.1 Å². The van der Waals surface area contributed by atoms with Crippen molar-refractivity contribution in [2.24, 2.45) is 0 Å². The predicted molar refractivity (Wildman–Crippen MR) is 47.3 cm³/mol. The van der Waals surface area contributed by atoms with Gasteiger partial charge in [-0.15, -0.1) is 0 Å². The number of hydrogen-bond donors (Lipinski definition) is 0. The molecule has 0 aliphatic rings. The molecular weight excluding hydrogens is 166 g/mol. The molecule has 3 heteroatoms. The van der Waals surface area contributed by atoms with Crippen LogP contribution in [0.4, 0.5) is 0 Å². The van der Waals surface area contributed by atoms with Gasteiger partial charge in [-0.1, -0.05) is 35.5 Å². The van der Waals surface area contributed by atoms with Gasteiger partial charge in [0, 0.05) is 5.56 Å². The number of aromatic nitrogens is 1. The fourth-order valence-corrected chi connectivity index (χ4v) is 1.14. The summed E-state index contributed by atoms with van der Waals surface area (Å²) in [6, 6.07) is 9.44. The number of nitrogens with zero attached hydrogens (tertiary/aromatic N) is 1. The van der Waals surface area contributed by atoms with Crippen molar-refractivity contribution in [2.45, 2.75) is 0 Å². The Morgan fingerprint density at radius 2 is 2.00 bits per heavy atom. The van der Waals surface area contributed by atoms with Gasteiger partial charge in [-0.05, 0) is 0 Å². The third kappa shape index (κ3) is 1.36. The molecule has 13 heavy (non-hydrogen) atoms. The van der Waals surface area contributed by atoms with Gasteiger partial charge in [0.25, 0.3) is 0 Å². The summed E-state index contributed by atoms with van der Waals surface area (Å²) in [6.45, 7) is 0. The van der Waals surface area contributed by atoms with E-state index in [2.05, 4.69) is 5.16 Å². The monoisotopic (exact) mass is 173 g/mol. The van der Waals surface area contributed by atoms with E-state index in [-0.39, 0.29) is 0 Å². The van der Waals surface area contributed by atoms with Gasteiger partial charge < -0.3 is 4.52 Å². The predicted octanol–water partition coefficient (Wildman–Crippen LogP) is 2.15. The Kier molecular flexibility index (Phi) is 1.92. The molecule has 0 saturated heterocycles. The normalized spacial score (nSPS) is 9.85. The van der Waals surface area contributed by atoms with Crippen molar-refractivity contribution >= 4 is 6.29 Å². The van der Waals surface area contributed by atoms with E-state index in [4.69, 9.17) is 4.52 Å². The van der Waals surface area contributed by atoms with Crippen LogP contribution in [-0.2, 0) is 0 Å². The Hall–Kier alpha value is -1.90. The molecule has 0 N–H and O–H groups in total. The minimum Gasteiger partial charge on any atom is -0.363 e. The summed E-state index contributed by atoms with van der Waals surface area (Å²) < 4.78 is 4.71. The highest BCUT2D eigenvalue weighted by atomic mass is 16.5. The fraction of sp³-hybridized carbons (Fsp3) is 0. The van der Waals surface area contributed by atoms with E-state index < -0.39 is 0 Å². The van der Waals surface area contributed by atoms with Crippen LogP contribution in [0.3, 0.4) is 0 Å². The zero-order chi connectivity index (χ0) is 9.10. The van der Waals surface area contributed by atoms with Gasteiger partial charge in [0.1, 0.15) is 12.0 Å². The van der Waals surface area contributed by atoms with Crippen LogP contribution in [-0.4, -0.2) is 11.4 Å². The van der Waals surface area contributed by atoms with E-state index >= 15 is 0 Å². The van der Waals surface area contributed by atoms with Gasteiger partial charge in [0.2, 0.25) is 0 Å². The lowest BCUT2D eigenvalue weighted by atomic mass is 10.1. The summed E-state index contributed by atoms with van der Waals surface area (Å²) in [5, 5.41) is 3.75. The summed E-state index contributed by atoms with van der Waals surface area (Å²) in [6.07, 6.45) is 2.08. The minimum atomic E-state index is 0.478. The van der Waals surface area contributed by atoms with Gasteiger partial charge in [-0.25, -0.2) is 0 Å². The van der Waals surface area contributed by atoms with Gasteiger partial charge in [0.15, 0.2) is 6.29 Å². The average Bonchev–Trinajstić information content (AvgIpc) is 2.67. The van der Waals surface area contributed by atoms with Crippen LogP contribution in [0.1, 0.15) is 10.4 Å². The minimum absolute atomic E-state index is 0.478. The molecular formula is C10H7NO2. The summed E-state index contributed by atoms with van der Waals surface area (Å²) in [5.74, 6) is 0. The van der Waals surface area contributed by atoms with E-state index in [1.165, 1.54) is 6.26 Å². The van der Waals surface area contributed by atoms with Gasteiger partial charge in [-0.3, -0.25) is 4.79 Å². The van der Waals surface area contributed by atoms with Crippen LogP contribution < -0.4 is 0 Å². The molecule has 0 atom stereocenters. The van der Waals surface area contributed by atoms with E-state index in [0.717, 1.165) is 11.8 Å². The first-order valence-corrected chi connectivity index (χ1v) is 3.87. The summed E-state index contributed by atoms with van der Waals surface area (Å²) in [5.41, 5.74) is 1.96. The molecule has 0 aliphatic carbocycles. The van der Waals surface area contributed by atoms with Crippen molar-refractivity contribution in [3.63, 3.8) is 0 Å². The lowest BCUT2D eigenvalue weighted by Gasteiger charge is -1.93. The van der Waals surface area contributed by atoms with Gasteiger partial charge in [-0.2, -0.15) is 0 Å². The molecule has 0 radical (unpaired) electrons. The summed E-state index contributed by atoms with van der Waals surface area (Å²) in [4.78, 5) is 10.6. The molecule has 0 aliphatic heterocycles. The summed E-state index contributed by atoms with van der Waals surface area (Å²) >= 11 is 0. The van der Waals surface area contributed by atoms with Crippen molar-refractivity contribution < 1.29 is 9.32 Å². The van der Waals surface area contributed by atoms with Crippen LogP contribution in [0.25, 0.3) is 11.3 Å². The van der Waals surface area contributed by atoms with E-state index in [1.54, 1.807) is 0 Å².